The minimum absolute atomic E-state index is 0.226. The highest BCUT2D eigenvalue weighted by Crippen LogP contribution is 2.28. The van der Waals surface area contributed by atoms with E-state index < -0.39 is 0 Å². The lowest BCUT2D eigenvalue weighted by Crippen LogP contribution is -2.13. The predicted octanol–water partition coefficient (Wildman–Crippen LogP) is 3.61. The molecule has 0 saturated heterocycles. The van der Waals surface area contributed by atoms with Crippen LogP contribution in [-0.2, 0) is 6.54 Å². The number of halogens is 1. The Hall–Kier alpha value is -3.54. The molecule has 2 aromatic heterocycles. The van der Waals surface area contributed by atoms with Crippen molar-refractivity contribution in [2.45, 2.75) is 6.54 Å². The number of rotatable bonds is 2. The lowest BCUT2D eigenvalue weighted by molar-refractivity contribution is 0.105. The topological polar surface area (TPSA) is 52.7 Å². The summed E-state index contributed by atoms with van der Waals surface area (Å²) in [5, 5.41) is 9.17. The van der Waals surface area contributed by atoms with Crippen LogP contribution in [0, 0.1) is 5.82 Å². The van der Waals surface area contributed by atoms with Crippen LogP contribution in [-0.4, -0.2) is 25.3 Å². The first-order valence-corrected chi connectivity index (χ1v) is 8.21. The molecular weight excluding hydrogens is 331 g/mol. The third kappa shape index (κ3) is 2.19. The molecule has 1 aliphatic heterocycles. The summed E-state index contributed by atoms with van der Waals surface area (Å²) in [6.45, 7) is 0.562. The molecule has 3 heterocycles. The molecule has 0 fully saturated rings. The summed E-state index contributed by atoms with van der Waals surface area (Å²) in [7, 11) is 0. The van der Waals surface area contributed by atoms with Crippen molar-refractivity contribution >= 4 is 28.5 Å². The van der Waals surface area contributed by atoms with Crippen molar-refractivity contribution in [1.29, 1.82) is 0 Å². The summed E-state index contributed by atoms with van der Waals surface area (Å²) in [6, 6.07) is 15.6. The summed E-state index contributed by atoms with van der Waals surface area (Å²) < 4.78 is 16.9. The fraction of sp³-hybridized carbons (Fsp3) is 0.0500. The molecular formula is C20H13FN4O. The number of nitrogens with zero attached hydrogens (tertiary/aromatic N) is 4. The predicted molar refractivity (Wildman–Crippen MR) is 96.0 cm³/mol. The Morgan fingerprint density at radius 2 is 1.88 bits per heavy atom. The van der Waals surface area contributed by atoms with E-state index in [-0.39, 0.29) is 11.6 Å². The van der Waals surface area contributed by atoms with Gasteiger partial charge in [-0.3, -0.25) is 4.79 Å². The number of allylic oxidation sites excluding steroid dienone is 1. The standard InChI is InChI=1S/C20H13FN4O/c21-15-7-5-13(6-8-15)20(26)19-10-16-9-14-3-1-2-4-18(14)24(16)12-17-11-22-23-25(17)19/h1-11H,12H2. The molecule has 0 amide bonds. The fourth-order valence-corrected chi connectivity index (χ4v) is 3.37. The molecule has 0 bridgehead atoms. The van der Waals surface area contributed by atoms with Gasteiger partial charge in [-0.1, -0.05) is 23.4 Å². The van der Waals surface area contributed by atoms with Crippen LogP contribution >= 0.6 is 0 Å². The zero-order valence-electron chi connectivity index (χ0n) is 13.6. The van der Waals surface area contributed by atoms with Gasteiger partial charge >= 0.3 is 0 Å². The Bertz CT molecular complexity index is 1180. The van der Waals surface area contributed by atoms with Crippen molar-refractivity contribution in [1.82, 2.24) is 19.6 Å². The van der Waals surface area contributed by atoms with Crippen molar-refractivity contribution in [3.8, 4) is 0 Å². The number of Topliss-reactive ketones (excluding diaryl/α,β-unsaturated/α-hetero) is 1. The molecule has 0 saturated carbocycles. The lowest BCUT2D eigenvalue weighted by atomic mass is 10.1. The second-order valence-corrected chi connectivity index (χ2v) is 6.22. The summed E-state index contributed by atoms with van der Waals surface area (Å²) in [4.78, 5) is 13.1. The third-order valence-corrected chi connectivity index (χ3v) is 4.63. The van der Waals surface area contributed by atoms with Gasteiger partial charge in [-0.05, 0) is 42.5 Å². The van der Waals surface area contributed by atoms with Crippen LogP contribution in [0.1, 0.15) is 21.7 Å². The quantitative estimate of drug-likeness (QED) is 0.522. The second-order valence-electron chi connectivity index (χ2n) is 6.22. The molecule has 0 N–H and O–H groups in total. The average molecular weight is 344 g/mol. The van der Waals surface area contributed by atoms with Gasteiger partial charge in [0.1, 0.15) is 11.5 Å². The highest BCUT2D eigenvalue weighted by molar-refractivity contribution is 6.28. The highest BCUT2D eigenvalue weighted by atomic mass is 19.1. The first-order chi connectivity index (χ1) is 12.7. The van der Waals surface area contributed by atoms with Gasteiger partial charge in [0.15, 0.2) is 0 Å². The lowest BCUT2D eigenvalue weighted by Gasteiger charge is -2.08. The van der Waals surface area contributed by atoms with Gasteiger partial charge in [-0.25, -0.2) is 9.07 Å². The maximum absolute atomic E-state index is 13.2. The first-order valence-electron chi connectivity index (χ1n) is 8.21. The SMILES string of the molecule is O=C(C1=Cc2cc3ccccc3n2Cc2cnnn21)c1ccc(F)cc1. The number of carbonyl (C=O) groups is 1. The molecule has 0 unspecified atom stereocenters. The Morgan fingerprint density at radius 1 is 1.08 bits per heavy atom. The minimum atomic E-state index is -0.377. The van der Waals surface area contributed by atoms with Gasteiger partial charge in [0.2, 0.25) is 5.78 Å². The van der Waals surface area contributed by atoms with Crippen molar-refractivity contribution in [3.63, 3.8) is 0 Å². The van der Waals surface area contributed by atoms with Gasteiger partial charge in [0, 0.05) is 22.2 Å². The maximum Gasteiger partial charge on any atom is 0.211 e. The molecule has 5 nitrogen and oxygen atoms in total. The van der Waals surface area contributed by atoms with Crippen LogP contribution in [0.15, 0.2) is 60.8 Å². The Balaban J connectivity index is 1.72. The summed E-state index contributed by atoms with van der Waals surface area (Å²) in [5.41, 5.74) is 3.62. The normalized spacial score (nSPS) is 13.0. The second kappa shape index (κ2) is 5.49. The van der Waals surface area contributed by atoms with E-state index in [0.29, 0.717) is 17.8 Å². The molecule has 4 aromatic rings. The molecule has 0 aliphatic carbocycles. The number of ketones is 1. The summed E-state index contributed by atoms with van der Waals surface area (Å²) in [5.74, 6) is -0.603. The molecule has 2 aromatic carbocycles. The number of hydrogen-bond acceptors (Lipinski definition) is 3. The maximum atomic E-state index is 13.2. The summed E-state index contributed by atoms with van der Waals surface area (Å²) in [6.07, 6.45) is 3.48. The Morgan fingerprint density at radius 3 is 2.73 bits per heavy atom. The van der Waals surface area contributed by atoms with Crippen molar-refractivity contribution in [3.05, 3.63) is 83.6 Å². The molecule has 6 heteroatoms. The zero-order chi connectivity index (χ0) is 17.7. The number of aromatic nitrogens is 4. The van der Waals surface area contributed by atoms with Crippen molar-refractivity contribution in [2.24, 2.45) is 0 Å². The fourth-order valence-electron chi connectivity index (χ4n) is 3.37. The highest BCUT2D eigenvalue weighted by Gasteiger charge is 2.23. The third-order valence-electron chi connectivity index (χ3n) is 4.63. The molecule has 1 aliphatic rings. The number of para-hydroxylation sites is 1. The first kappa shape index (κ1) is 14.8. The van der Waals surface area contributed by atoms with E-state index in [4.69, 9.17) is 0 Å². The average Bonchev–Trinajstić information content (AvgIpc) is 3.22. The Kier molecular flexibility index (Phi) is 3.12. The van der Waals surface area contributed by atoms with E-state index >= 15 is 0 Å². The van der Waals surface area contributed by atoms with Gasteiger partial charge in [-0.15, -0.1) is 5.10 Å². The van der Waals surface area contributed by atoms with Crippen LogP contribution in [0.3, 0.4) is 0 Å². The Labute approximate surface area is 148 Å². The van der Waals surface area contributed by atoms with Gasteiger partial charge in [0.25, 0.3) is 0 Å². The molecule has 26 heavy (non-hydrogen) atoms. The van der Waals surface area contributed by atoms with Crippen LogP contribution in [0.2, 0.25) is 0 Å². The van der Waals surface area contributed by atoms with Crippen molar-refractivity contribution < 1.29 is 9.18 Å². The molecule has 5 rings (SSSR count). The summed E-state index contributed by atoms with van der Waals surface area (Å²) >= 11 is 0. The van der Waals surface area contributed by atoms with Crippen molar-refractivity contribution in [2.75, 3.05) is 0 Å². The number of fused-ring (bicyclic) bond motifs is 4. The zero-order valence-corrected chi connectivity index (χ0v) is 13.6. The molecule has 126 valence electrons. The van der Waals surface area contributed by atoms with E-state index in [1.54, 1.807) is 10.9 Å². The van der Waals surface area contributed by atoms with Crippen LogP contribution in [0.5, 0.6) is 0 Å². The van der Waals surface area contributed by atoms with Crippen LogP contribution < -0.4 is 0 Å². The van der Waals surface area contributed by atoms with E-state index in [0.717, 1.165) is 22.3 Å². The smallest absolute Gasteiger partial charge is 0.211 e. The minimum Gasteiger partial charge on any atom is -0.335 e. The van der Waals surface area contributed by atoms with Crippen LogP contribution in [0.4, 0.5) is 4.39 Å². The molecule has 0 spiro atoms. The van der Waals surface area contributed by atoms with Gasteiger partial charge < -0.3 is 4.57 Å². The number of benzene rings is 2. The van der Waals surface area contributed by atoms with Crippen LogP contribution in [0.25, 0.3) is 22.7 Å². The van der Waals surface area contributed by atoms with E-state index in [9.17, 15) is 9.18 Å². The number of hydrogen-bond donors (Lipinski definition) is 0. The monoisotopic (exact) mass is 344 g/mol. The molecule has 0 radical (unpaired) electrons. The van der Waals surface area contributed by atoms with E-state index in [1.165, 1.54) is 24.3 Å². The molecule has 0 atom stereocenters. The number of carbonyl (C=O) groups excluding carboxylic acids is 1. The largest absolute Gasteiger partial charge is 0.335 e. The van der Waals surface area contributed by atoms with Gasteiger partial charge in [-0.2, -0.15) is 0 Å². The van der Waals surface area contributed by atoms with Gasteiger partial charge in [0.05, 0.1) is 18.4 Å². The van der Waals surface area contributed by atoms with E-state index in [2.05, 4.69) is 14.9 Å². The van der Waals surface area contributed by atoms with E-state index in [1.807, 2.05) is 36.4 Å².